The van der Waals surface area contributed by atoms with Gasteiger partial charge < -0.3 is 24.9 Å². The Hall–Kier alpha value is -0.620. The molecule has 1 heterocycles. The van der Waals surface area contributed by atoms with Gasteiger partial charge in [-0.25, -0.2) is 4.18 Å². The average molecular weight is 258 g/mol. The topological polar surface area (TPSA) is 151 Å². The third-order valence-electron chi connectivity index (χ3n) is 1.97. The fourth-order valence-electron chi connectivity index (χ4n) is 1.23. The second-order valence-electron chi connectivity index (χ2n) is 3.10. The molecule has 1 aliphatic heterocycles. The standard InChI is InChI=1S/C6H10O9S/c7-1-2-3(8)4(9)5(6(10)14-2)15-16(11,12)13/h1-6,8-10H,(H,11,12,13). The first-order valence-corrected chi connectivity index (χ1v) is 5.43. The molecule has 0 amide bonds. The Bertz CT molecular complexity index is 351. The van der Waals surface area contributed by atoms with Gasteiger partial charge in [0.05, 0.1) is 0 Å². The summed E-state index contributed by atoms with van der Waals surface area (Å²) >= 11 is 0. The van der Waals surface area contributed by atoms with Gasteiger partial charge in [-0.2, -0.15) is 8.42 Å². The normalized spacial score (nSPS) is 40.6. The zero-order chi connectivity index (χ0) is 12.5. The van der Waals surface area contributed by atoms with Crippen molar-refractivity contribution in [3.05, 3.63) is 0 Å². The number of hydrogen-bond donors (Lipinski definition) is 4. The lowest BCUT2D eigenvalue weighted by atomic mass is 10.00. The van der Waals surface area contributed by atoms with E-state index in [9.17, 15) is 23.4 Å². The van der Waals surface area contributed by atoms with Crippen LogP contribution in [0.1, 0.15) is 0 Å². The van der Waals surface area contributed by atoms with E-state index in [1.54, 1.807) is 0 Å². The predicted octanol–water partition coefficient (Wildman–Crippen LogP) is -3.19. The molecule has 0 aromatic heterocycles. The summed E-state index contributed by atoms with van der Waals surface area (Å²) in [7, 11) is -4.94. The lowest BCUT2D eigenvalue weighted by Crippen LogP contribution is -2.59. The number of rotatable bonds is 3. The maximum Gasteiger partial charge on any atom is 0.397 e. The third kappa shape index (κ3) is 2.95. The fraction of sp³-hybridized carbons (Fsp3) is 0.833. The first-order valence-electron chi connectivity index (χ1n) is 4.07. The van der Waals surface area contributed by atoms with Crippen LogP contribution >= 0.6 is 0 Å². The van der Waals surface area contributed by atoms with Gasteiger partial charge in [0.15, 0.2) is 18.7 Å². The second kappa shape index (κ2) is 4.71. The van der Waals surface area contributed by atoms with E-state index in [0.29, 0.717) is 0 Å². The van der Waals surface area contributed by atoms with Crippen molar-refractivity contribution in [1.29, 1.82) is 0 Å². The highest BCUT2D eigenvalue weighted by atomic mass is 32.3. The molecular formula is C6H10O9S. The molecule has 16 heavy (non-hydrogen) atoms. The van der Waals surface area contributed by atoms with E-state index in [1.165, 1.54) is 0 Å². The molecule has 0 radical (unpaired) electrons. The van der Waals surface area contributed by atoms with E-state index in [4.69, 9.17) is 9.66 Å². The van der Waals surface area contributed by atoms with Gasteiger partial charge in [0.1, 0.15) is 18.3 Å². The zero-order valence-corrected chi connectivity index (χ0v) is 8.52. The molecule has 1 rings (SSSR count). The van der Waals surface area contributed by atoms with Crippen molar-refractivity contribution in [2.45, 2.75) is 30.7 Å². The van der Waals surface area contributed by atoms with Crippen LogP contribution in [0.3, 0.4) is 0 Å². The van der Waals surface area contributed by atoms with Gasteiger partial charge in [-0.3, -0.25) is 4.55 Å². The second-order valence-corrected chi connectivity index (χ2v) is 4.15. The van der Waals surface area contributed by atoms with Crippen molar-refractivity contribution in [3.63, 3.8) is 0 Å². The number of carbonyl (C=O) groups excluding carboxylic acids is 1. The minimum atomic E-state index is -4.94. The van der Waals surface area contributed by atoms with Crippen LogP contribution in [0, 0.1) is 0 Å². The number of ether oxygens (including phenoxy) is 1. The highest BCUT2D eigenvalue weighted by Crippen LogP contribution is 2.22. The maximum absolute atomic E-state index is 10.4. The first kappa shape index (κ1) is 13.4. The maximum atomic E-state index is 10.4. The monoisotopic (exact) mass is 258 g/mol. The largest absolute Gasteiger partial charge is 0.397 e. The summed E-state index contributed by atoms with van der Waals surface area (Å²) in [5.74, 6) is 0. The Morgan fingerprint density at radius 1 is 1.19 bits per heavy atom. The predicted molar refractivity (Wildman–Crippen MR) is 45.4 cm³/mol. The first-order chi connectivity index (χ1) is 7.26. The molecule has 1 saturated heterocycles. The molecule has 0 saturated carbocycles. The van der Waals surface area contributed by atoms with E-state index in [2.05, 4.69) is 8.92 Å². The lowest BCUT2D eigenvalue weighted by molar-refractivity contribution is -0.266. The lowest BCUT2D eigenvalue weighted by Gasteiger charge is -2.37. The molecule has 0 bridgehead atoms. The zero-order valence-electron chi connectivity index (χ0n) is 7.70. The quantitative estimate of drug-likeness (QED) is 0.303. The third-order valence-corrected chi connectivity index (χ3v) is 2.43. The molecule has 1 aliphatic rings. The van der Waals surface area contributed by atoms with Crippen LogP contribution in [-0.4, -0.2) is 65.3 Å². The summed E-state index contributed by atoms with van der Waals surface area (Å²) in [4.78, 5) is 10.3. The van der Waals surface area contributed by atoms with Gasteiger partial charge in [0, 0.05) is 0 Å². The van der Waals surface area contributed by atoms with E-state index in [0.717, 1.165) is 0 Å². The molecule has 0 spiro atoms. The highest BCUT2D eigenvalue weighted by Gasteiger charge is 2.46. The Morgan fingerprint density at radius 2 is 1.75 bits per heavy atom. The minimum absolute atomic E-state index is 0.126. The van der Waals surface area contributed by atoms with Gasteiger partial charge in [0.25, 0.3) is 0 Å². The van der Waals surface area contributed by atoms with E-state index in [-0.39, 0.29) is 6.29 Å². The Balaban J connectivity index is 2.83. The van der Waals surface area contributed by atoms with Gasteiger partial charge in [-0.1, -0.05) is 0 Å². The number of hydrogen-bond acceptors (Lipinski definition) is 8. The number of carbonyl (C=O) groups is 1. The SMILES string of the molecule is O=CC1OC(O)C(OS(=O)(=O)O)C(O)C1O. The van der Waals surface area contributed by atoms with Crippen molar-refractivity contribution in [2.75, 3.05) is 0 Å². The molecule has 0 aliphatic carbocycles. The van der Waals surface area contributed by atoms with E-state index >= 15 is 0 Å². The molecule has 1 fully saturated rings. The molecular weight excluding hydrogens is 248 g/mol. The molecule has 0 aromatic carbocycles. The highest BCUT2D eigenvalue weighted by molar-refractivity contribution is 7.80. The summed E-state index contributed by atoms with van der Waals surface area (Å²) < 4.78 is 37.4. The van der Waals surface area contributed by atoms with Gasteiger partial charge >= 0.3 is 10.4 Å². The fourth-order valence-corrected chi connectivity index (χ4v) is 1.72. The molecule has 5 atom stereocenters. The van der Waals surface area contributed by atoms with E-state index in [1.807, 2.05) is 0 Å². The van der Waals surface area contributed by atoms with Crippen LogP contribution in [0.4, 0.5) is 0 Å². The van der Waals surface area contributed by atoms with Crippen LogP contribution in [0.2, 0.25) is 0 Å². The summed E-state index contributed by atoms with van der Waals surface area (Å²) in [6, 6.07) is 0. The molecule has 94 valence electrons. The van der Waals surface area contributed by atoms with Crippen LogP contribution in [0.15, 0.2) is 0 Å². The summed E-state index contributed by atoms with van der Waals surface area (Å²) in [5, 5.41) is 27.7. The molecule has 0 aromatic rings. The summed E-state index contributed by atoms with van der Waals surface area (Å²) in [5.41, 5.74) is 0. The van der Waals surface area contributed by atoms with Crippen molar-refractivity contribution < 1.29 is 42.0 Å². The van der Waals surface area contributed by atoms with Crippen LogP contribution in [-0.2, 0) is 24.1 Å². The van der Waals surface area contributed by atoms with E-state index < -0.39 is 41.1 Å². The molecule has 5 unspecified atom stereocenters. The summed E-state index contributed by atoms with van der Waals surface area (Å²) in [6.45, 7) is 0. The number of aliphatic hydroxyl groups excluding tert-OH is 3. The van der Waals surface area contributed by atoms with Crippen LogP contribution in [0.25, 0.3) is 0 Å². The van der Waals surface area contributed by atoms with Crippen LogP contribution in [0.5, 0.6) is 0 Å². The molecule has 10 heteroatoms. The average Bonchev–Trinajstić information content (AvgIpc) is 2.17. The van der Waals surface area contributed by atoms with Crippen molar-refractivity contribution in [1.82, 2.24) is 0 Å². The molecule has 4 N–H and O–H groups in total. The van der Waals surface area contributed by atoms with Crippen molar-refractivity contribution in [2.24, 2.45) is 0 Å². The number of aliphatic hydroxyl groups is 3. The minimum Gasteiger partial charge on any atom is -0.387 e. The number of aldehydes is 1. The van der Waals surface area contributed by atoms with Gasteiger partial charge in [-0.15, -0.1) is 0 Å². The van der Waals surface area contributed by atoms with Crippen LogP contribution < -0.4 is 0 Å². The van der Waals surface area contributed by atoms with Gasteiger partial charge in [-0.05, 0) is 0 Å². The van der Waals surface area contributed by atoms with Crippen molar-refractivity contribution in [3.8, 4) is 0 Å². The molecule has 9 nitrogen and oxygen atoms in total. The van der Waals surface area contributed by atoms with Crippen molar-refractivity contribution >= 4 is 16.7 Å². The summed E-state index contributed by atoms with van der Waals surface area (Å²) in [6.07, 6.45) is -8.95. The Morgan fingerprint density at radius 3 is 2.19 bits per heavy atom. The van der Waals surface area contributed by atoms with Gasteiger partial charge in [0.2, 0.25) is 0 Å². The smallest absolute Gasteiger partial charge is 0.387 e. The Kier molecular flexibility index (Phi) is 3.96. The Labute approximate surface area is 90.2 Å².